The van der Waals surface area contributed by atoms with Crippen LogP contribution in [0.4, 0.5) is 87.8 Å². The van der Waals surface area contributed by atoms with E-state index in [4.69, 9.17) is 11.6 Å². The number of aromatic nitrogens is 4. The first-order valence-electron chi connectivity index (χ1n) is 14.1. The molecular formula is C27H13ClF20N6O2. The molecule has 4 rings (SSSR count). The zero-order valence-corrected chi connectivity index (χ0v) is 27.0. The molecule has 0 saturated heterocycles. The molecule has 1 N–H and O–H groups in total. The molecule has 29 heteroatoms. The molecular weight excluding hydrogens is 856 g/mol. The molecule has 2 heterocycles. The number of hydrogen-bond acceptors (Lipinski definition) is 5. The molecule has 1 aliphatic rings. The van der Waals surface area contributed by atoms with Crippen molar-refractivity contribution in [2.45, 2.75) is 72.4 Å². The highest BCUT2D eigenvalue weighted by Crippen LogP contribution is 2.64. The molecule has 1 saturated carbocycles. The lowest BCUT2D eigenvalue weighted by Crippen LogP contribution is -2.74. The van der Waals surface area contributed by atoms with E-state index in [-0.39, 0.29) is 43.9 Å². The highest BCUT2D eigenvalue weighted by molar-refractivity contribution is 6.34. The van der Waals surface area contributed by atoms with E-state index in [9.17, 15) is 97.9 Å². The zero-order chi connectivity index (χ0) is 43.3. The summed E-state index contributed by atoms with van der Waals surface area (Å²) >= 11 is 6.02. The standard InChI is InChI=1S/C27H13ClF20N6O2/c1-53-17(54-8-11(7-50-54)10-2-3-13(28)12(6-10)15(55)51-18(9-49)4-5-18)14(19(29,30)31)16(52-53)56-27(47,48)25(42,43)23(38,39)21(34,35)20(32,33)22(36,37)24(40,41)26(44,45)46/h2-3,6-8H,4-5H2,1H3,(H,51,55). The maximum Gasteiger partial charge on any atom is 0.472 e. The molecule has 1 aliphatic carbocycles. The van der Waals surface area contributed by atoms with Crippen LogP contribution >= 0.6 is 11.6 Å². The summed E-state index contributed by atoms with van der Waals surface area (Å²) in [5.74, 6) is -58.0. The summed E-state index contributed by atoms with van der Waals surface area (Å²) in [7, 11) is 0.384. The van der Waals surface area contributed by atoms with Gasteiger partial charge in [0.25, 0.3) is 11.8 Å². The fraction of sp³-hybridized carbons (Fsp3) is 0.481. The minimum atomic E-state index is -9.00. The predicted molar refractivity (Wildman–Crippen MR) is 142 cm³/mol. The zero-order valence-electron chi connectivity index (χ0n) is 26.3. The van der Waals surface area contributed by atoms with Crippen LogP contribution in [0.25, 0.3) is 16.9 Å². The van der Waals surface area contributed by atoms with E-state index in [1.807, 2.05) is 6.07 Å². The summed E-state index contributed by atoms with van der Waals surface area (Å²) < 4.78 is 277. The van der Waals surface area contributed by atoms with Crippen molar-refractivity contribution >= 4 is 17.5 Å². The number of benzene rings is 1. The third-order valence-corrected chi connectivity index (χ3v) is 8.18. The third kappa shape index (κ3) is 6.57. The number of alkyl halides is 20. The van der Waals surface area contributed by atoms with Crippen LogP contribution in [0.3, 0.4) is 0 Å². The number of nitrogens with one attached hydrogen (secondary N) is 1. The average molecular weight is 869 g/mol. The van der Waals surface area contributed by atoms with E-state index in [0.717, 1.165) is 18.2 Å². The molecule has 0 atom stereocenters. The van der Waals surface area contributed by atoms with Crippen LogP contribution in [-0.4, -0.2) is 78.8 Å². The van der Waals surface area contributed by atoms with Crippen molar-refractivity contribution in [2.24, 2.45) is 7.05 Å². The predicted octanol–water partition coefficient (Wildman–Crippen LogP) is 9.08. The molecule has 0 aliphatic heterocycles. The van der Waals surface area contributed by atoms with Crippen LogP contribution in [0, 0.1) is 11.3 Å². The first-order chi connectivity index (χ1) is 25.0. The van der Waals surface area contributed by atoms with Gasteiger partial charge in [-0.25, -0.2) is 9.36 Å². The lowest BCUT2D eigenvalue weighted by molar-refractivity contribution is -0.471. The number of nitriles is 1. The minimum absolute atomic E-state index is 0.0732. The SMILES string of the molecule is Cn1nc(OC(F)(F)C(F)(F)C(F)(F)C(F)(F)C(F)(F)C(F)(F)C(F)(F)C(F)(F)F)c(C(F)(F)F)c1-n1cc(-c2ccc(Cl)c(C(=O)NC3(C#N)CC3)c2)cn1. The molecule has 0 spiro atoms. The fourth-order valence-corrected chi connectivity index (χ4v) is 4.75. The minimum Gasteiger partial charge on any atom is -0.408 e. The van der Waals surface area contributed by atoms with Gasteiger partial charge < -0.3 is 10.1 Å². The van der Waals surface area contributed by atoms with Gasteiger partial charge in [-0.2, -0.15) is 98.2 Å². The number of hydrogen-bond donors (Lipinski definition) is 1. The number of aryl methyl sites for hydroxylation is 1. The summed E-state index contributed by atoms with van der Waals surface area (Å²) in [5, 5.41) is 17.4. The molecule has 2 aromatic heterocycles. The van der Waals surface area contributed by atoms with Crippen molar-refractivity contribution in [1.29, 1.82) is 5.26 Å². The summed E-state index contributed by atoms with van der Waals surface area (Å²) in [5.41, 5.74) is -4.65. The van der Waals surface area contributed by atoms with Crippen molar-refractivity contribution in [2.75, 3.05) is 0 Å². The second kappa shape index (κ2) is 12.9. The fourth-order valence-electron chi connectivity index (χ4n) is 4.55. The Kier molecular flexibility index (Phi) is 10.1. The molecule has 0 unspecified atom stereocenters. The Bertz CT molecular complexity index is 2060. The molecule has 1 amide bonds. The van der Waals surface area contributed by atoms with Gasteiger partial charge in [-0.05, 0) is 30.5 Å². The maximum absolute atomic E-state index is 14.6. The Morgan fingerprint density at radius 1 is 0.804 bits per heavy atom. The van der Waals surface area contributed by atoms with Gasteiger partial charge in [-0.3, -0.25) is 4.79 Å². The summed E-state index contributed by atoms with van der Waals surface area (Å²) in [6, 6.07) is 5.10. The van der Waals surface area contributed by atoms with Crippen LogP contribution in [-0.2, 0) is 13.2 Å². The monoisotopic (exact) mass is 868 g/mol. The number of nitrogens with zero attached hydrogens (tertiary/aromatic N) is 5. The maximum atomic E-state index is 14.6. The Morgan fingerprint density at radius 3 is 1.77 bits per heavy atom. The number of rotatable bonds is 12. The average Bonchev–Trinajstić information content (AvgIpc) is 3.49. The first-order valence-corrected chi connectivity index (χ1v) is 14.5. The van der Waals surface area contributed by atoms with Gasteiger partial charge >= 0.3 is 54.0 Å². The van der Waals surface area contributed by atoms with E-state index in [1.165, 1.54) is 0 Å². The van der Waals surface area contributed by atoms with Crippen LogP contribution in [0.15, 0.2) is 30.6 Å². The molecule has 1 fully saturated rings. The Labute approximate surface area is 300 Å². The van der Waals surface area contributed by atoms with Gasteiger partial charge in [-0.15, -0.1) is 5.10 Å². The summed E-state index contributed by atoms with van der Waals surface area (Å²) in [4.78, 5) is 12.7. The quantitative estimate of drug-likeness (QED) is 0.183. The Morgan fingerprint density at radius 2 is 1.30 bits per heavy atom. The molecule has 310 valence electrons. The Hall–Kier alpha value is -4.71. The molecule has 0 radical (unpaired) electrons. The molecule has 0 bridgehead atoms. The molecule has 1 aromatic carbocycles. The van der Waals surface area contributed by atoms with E-state index in [0.29, 0.717) is 19.4 Å². The van der Waals surface area contributed by atoms with Crippen molar-refractivity contribution < 1.29 is 97.3 Å². The van der Waals surface area contributed by atoms with E-state index < -0.39 is 82.7 Å². The van der Waals surface area contributed by atoms with Crippen molar-refractivity contribution in [1.82, 2.24) is 24.9 Å². The lowest BCUT2D eigenvalue weighted by atomic mass is 9.90. The van der Waals surface area contributed by atoms with Gasteiger partial charge in [0.2, 0.25) is 0 Å². The van der Waals surface area contributed by atoms with Gasteiger partial charge in [0.15, 0.2) is 11.4 Å². The number of carbonyl (C=O) groups is 1. The van der Waals surface area contributed by atoms with Crippen LogP contribution in [0.1, 0.15) is 28.8 Å². The number of carbonyl (C=O) groups excluding carboxylic acids is 1. The molecule has 8 nitrogen and oxygen atoms in total. The summed E-state index contributed by atoms with van der Waals surface area (Å²) in [6.07, 6.45) is -20.0. The third-order valence-electron chi connectivity index (χ3n) is 7.85. The largest absolute Gasteiger partial charge is 0.472 e. The first kappa shape index (κ1) is 44.0. The van der Waals surface area contributed by atoms with Crippen LogP contribution in [0.5, 0.6) is 5.88 Å². The van der Waals surface area contributed by atoms with Crippen LogP contribution < -0.4 is 10.1 Å². The highest BCUT2D eigenvalue weighted by Gasteiger charge is 2.96. The van der Waals surface area contributed by atoms with E-state index in [2.05, 4.69) is 20.3 Å². The number of amides is 1. The smallest absolute Gasteiger partial charge is 0.408 e. The second-order valence-corrected chi connectivity index (χ2v) is 12.1. The number of halogens is 21. The van der Waals surface area contributed by atoms with E-state index in [1.54, 1.807) is 0 Å². The number of ether oxygens (including phenoxy) is 1. The second-order valence-electron chi connectivity index (χ2n) is 11.7. The van der Waals surface area contributed by atoms with Gasteiger partial charge in [0.1, 0.15) is 5.54 Å². The van der Waals surface area contributed by atoms with Gasteiger partial charge in [0, 0.05) is 18.8 Å². The lowest BCUT2D eigenvalue weighted by Gasteiger charge is -2.42. The topological polar surface area (TPSA) is 97.8 Å². The highest BCUT2D eigenvalue weighted by atomic mass is 35.5. The normalized spacial score (nSPS) is 16.1. The summed E-state index contributed by atoms with van der Waals surface area (Å²) in [6.45, 7) is 0. The van der Waals surface area contributed by atoms with Gasteiger partial charge in [0.05, 0.1) is 22.9 Å². The molecule has 56 heavy (non-hydrogen) atoms. The van der Waals surface area contributed by atoms with Crippen molar-refractivity contribution in [3.05, 3.63) is 46.7 Å². The van der Waals surface area contributed by atoms with E-state index >= 15 is 0 Å². The van der Waals surface area contributed by atoms with Crippen molar-refractivity contribution in [3.63, 3.8) is 0 Å². The van der Waals surface area contributed by atoms with Crippen molar-refractivity contribution in [3.8, 4) is 28.9 Å². The molecule has 3 aromatic rings. The Balaban J connectivity index is 1.75. The van der Waals surface area contributed by atoms with Crippen LogP contribution in [0.2, 0.25) is 5.02 Å². The van der Waals surface area contributed by atoms with Gasteiger partial charge in [-0.1, -0.05) is 17.7 Å².